The van der Waals surface area contributed by atoms with Crippen LogP contribution in [0.2, 0.25) is 0 Å². The Kier molecular flexibility index (Phi) is 5.86. The topological polar surface area (TPSA) is 35.6 Å². The highest BCUT2D eigenvalue weighted by Crippen LogP contribution is 2.20. The fraction of sp³-hybridized carbons (Fsp3) is 0.800. The largest absolute Gasteiger partial charge is 0.344 e. The normalized spacial score (nSPS) is 21.0. The van der Waals surface area contributed by atoms with Gasteiger partial charge in [0.25, 0.3) is 0 Å². The Morgan fingerprint density at radius 1 is 1.37 bits per heavy atom. The van der Waals surface area contributed by atoms with E-state index in [9.17, 15) is 4.79 Å². The highest BCUT2D eigenvalue weighted by molar-refractivity contribution is 5.78. The van der Waals surface area contributed by atoms with E-state index in [1.807, 2.05) is 11.9 Å². The van der Waals surface area contributed by atoms with E-state index in [4.69, 9.17) is 0 Å². The van der Waals surface area contributed by atoms with Crippen LogP contribution in [0.15, 0.2) is 11.6 Å². The molecule has 1 amide bonds. The van der Waals surface area contributed by atoms with Crippen LogP contribution in [0.25, 0.3) is 0 Å². The molecule has 0 aromatic rings. The molecule has 0 atom stereocenters. The number of carbonyl (C=O) groups is 1. The summed E-state index contributed by atoms with van der Waals surface area (Å²) in [5, 5.41) is 3.35. The highest BCUT2D eigenvalue weighted by atomic mass is 16.2. The molecular weight excluding hydrogens is 238 g/mol. The Balaban J connectivity index is 1.68. The van der Waals surface area contributed by atoms with Crippen LogP contribution in [0.4, 0.5) is 0 Å². The lowest BCUT2D eigenvalue weighted by Crippen LogP contribution is -2.46. The molecule has 0 aromatic heterocycles. The van der Waals surface area contributed by atoms with Crippen molar-refractivity contribution >= 4 is 5.91 Å². The lowest BCUT2D eigenvalue weighted by atomic mass is 9.97. The summed E-state index contributed by atoms with van der Waals surface area (Å²) in [5.41, 5.74) is 1.35. The number of likely N-dealkylation sites (N-methyl/N-ethyl adjacent to an activating group) is 1. The summed E-state index contributed by atoms with van der Waals surface area (Å²) in [5.74, 6) is 0.281. The molecule has 0 aromatic carbocycles. The number of rotatable bonds is 5. The Morgan fingerprint density at radius 3 is 2.84 bits per heavy atom. The smallest absolute Gasteiger partial charge is 0.226 e. The number of hydrogen-bond donors (Lipinski definition) is 1. The molecule has 1 N–H and O–H groups in total. The van der Waals surface area contributed by atoms with Gasteiger partial charge in [0.2, 0.25) is 5.91 Å². The maximum Gasteiger partial charge on any atom is 0.226 e. The molecule has 0 saturated carbocycles. The highest BCUT2D eigenvalue weighted by Gasteiger charge is 2.15. The van der Waals surface area contributed by atoms with Crippen molar-refractivity contribution in [3.63, 3.8) is 0 Å². The fourth-order valence-corrected chi connectivity index (χ4v) is 2.75. The van der Waals surface area contributed by atoms with Crippen LogP contribution in [-0.4, -0.2) is 62.0 Å². The number of nitrogens with zero attached hydrogens (tertiary/aromatic N) is 2. The van der Waals surface area contributed by atoms with Crippen LogP contribution in [-0.2, 0) is 4.79 Å². The molecule has 0 bridgehead atoms. The van der Waals surface area contributed by atoms with Gasteiger partial charge >= 0.3 is 0 Å². The first kappa shape index (κ1) is 14.5. The zero-order chi connectivity index (χ0) is 13.5. The molecule has 1 heterocycles. The van der Waals surface area contributed by atoms with Crippen molar-refractivity contribution in [1.82, 2.24) is 15.1 Å². The Hall–Kier alpha value is -0.870. The molecule has 4 heteroatoms. The van der Waals surface area contributed by atoms with E-state index in [0.29, 0.717) is 6.42 Å². The van der Waals surface area contributed by atoms with Gasteiger partial charge in [-0.15, -0.1) is 0 Å². The second-order valence-electron chi connectivity index (χ2n) is 5.69. The van der Waals surface area contributed by atoms with Gasteiger partial charge in [0, 0.05) is 52.7 Å². The average molecular weight is 265 g/mol. The Labute approximate surface area is 116 Å². The van der Waals surface area contributed by atoms with E-state index >= 15 is 0 Å². The van der Waals surface area contributed by atoms with Gasteiger partial charge < -0.3 is 10.2 Å². The monoisotopic (exact) mass is 265 g/mol. The minimum atomic E-state index is 0.281. The van der Waals surface area contributed by atoms with E-state index < -0.39 is 0 Å². The first-order valence-electron chi connectivity index (χ1n) is 7.60. The number of hydrogen-bond acceptors (Lipinski definition) is 3. The molecule has 0 radical (unpaired) electrons. The number of piperazine rings is 1. The lowest BCUT2D eigenvalue weighted by Gasteiger charge is -2.29. The third kappa shape index (κ3) is 4.96. The molecule has 108 valence electrons. The fourth-order valence-electron chi connectivity index (χ4n) is 2.75. The van der Waals surface area contributed by atoms with Gasteiger partial charge in [0.1, 0.15) is 0 Å². The third-order valence-corrected chi connectivity index (χ3v) is 4.15. The predicted molar refractivity (Wildman–Crippen MR) is 78.1 cm³/mol. The number of carbonyl (C=O) groups excluding carboxylic acids is 1. The van der Waals surface area contributed by atoms with Crippen LogP contribution in [0.5, 0.6) is 0 Å². The summed E-state index contributed by atoms with van der Waals surface area (Å²) in [4.78, 5) is 16.5. The van der Waals surface area contributed by atoms with Crippen molar-refractivity contribution in [2.45, 2.75) is 32.1 Å². The third-order valence-electron chi connectivity index (χ3n) is 4.15. The molecule has 19 heavy (non-hydrogen) atoms. The molecule has 2 aliphatic rings. The molecule has 4 nitrogen and oxygen atoms in total. The summed E-state index contributed by atoms with van der Waals surface area (Å²) < 4.78 is 0. The van der Waals surface area contributed by atoms with E-state index in [0.717, 1.165) is 52.1 Å². The second-order valence-corrected chi connectivity index (χ2v) is 5.69. The first-order valence-corrected chi connectivity index (χ1v) is 7.60. The standard InChI is InChI=1S/C15H27N3O/c1-17(11-12-18-9-7-16-8-10-18)15(19)13-14-5-3-2-4-6-14/h5,16H,2-4,6-13H2,1H3. The quantitative estimate of drug-likeness (QED) is 0.760. The van der Waals surface area contributed by atoms with Gasteiger partial charge in [0.15, 0.2) is 0 Å². The summed E-state index contributed by atoms with van der Waals surface area (Å²) in [6.07, 6.45) is 7.73. The van der Waals surface area contributed by atoms with Gasteiger partial charge in [-0.1, -0.05) is 11.6 Å². The van der Waals surface area contributed by atoms with Crippen LogP contribution in [0.1, 0.15) is 32.1 Å². The van der Waals surface area contributed by atoms with Crippen molar-refractivity contribution < 1.29 is 4.79 Å². The maximum atomic E-state index is 12.1. The van der Waals surface area contributed by atoms with Crippen molar-refractivity contribution in [2.24, 2.45) is 0 Å². The van der Waals surface area contributed by atoms with Gasteiger partial charge in [-0.3, -0.25) is 9.69 Å². The molecule has 0 unspecified atom stereocenters. The zero-order valence-electron chi connectivity index (χ0n) is 12.2. The van der Waals surface area contributed by atoms with Crippen LogP contribution < -0.4 is 5.32 Å². The number of nitrogens with one attached hydrogen (secondary N) is 1. The van der Waals surface area contributed by atoms with Crippen LogP contribution >= 0.6 is 0 Å². The molecule has 1 aliphatic heterocycles. The predicted octanol–water partition coefficient (Wildman–Crippen LogP) is 1.24. The molecule has 1 aliphatic carbocycles. The SMILES string of the molecule is CN(CCN1CCNCC1)C(=O)CC1=CCCCC1. The molecule has 2 rings (SSSR count). The van der Waals surface area contributed by atoms with Crippen molar-refractivity contribution in [3.8, 4) is 0 Å². The summed E-state index contributed by atoms with van der Waals surface area (Å²) in [7, 11) is 1.94. The lowest BCUT2D eigenvalue weighted by molar-refractivity contribution is -0.129. The van der Waals surface area contributed by atoms with Crippen molar-refractivity contribution in [1.29, 1.82) is 0 Å². The molecular formula is C15H27N3O. The van der Waals surface area contributed by atoms with E-state index in [-0.39, 0.29) is 5.91 Å². The van der Waals surface area contributed by atoms with Gasteiger partial charge in [-0.2, -0.15) is 0 Å². The first-order chi connectivity index (χ1) is 9.25. The summed E-state index contributed by atoms with van der Waals surface area (Å²) >= 11 is 0. The Morgan fingerprint density at radius 2 is 2.16 bits per heavy atom. The molecule has 0 spiro atoms. The van der Waals surface area contributed by atoms with Crippen molar-refractivity contribution in [2.75, 3.05) is 46.3 Å². The van der Waals surface area contributed by atoms with Gasteiger partial charge in [-0.25, -0.2) is 0 Å². The van der Waals surface area contributed by atoms with Crippen molar-refractivity contribution in [3.05, 3.63) is 11.6 Å². The van der Waals surface area contributed by atoms with Crippen LogP contribution in [0, 0.1) is 0 Å². The minimum absolute atomic E-state index is 0.281. The molecule has 1 fully saturated rings. The Bertz CT molecular complexity index is 321. The summed E-state index contributed by atoms with van der Waals surface area (Å²) in [6.45, 7) is 6.21. The second kappa shape index (κ2) is 7.65. The van der Waals surface area contributed by atoms with Gasteiger partial charge in [-0.05, 0) is 25.7 Å². The van der Waals surface area contributed by atoms with E-state index in [2.05, 4.69) is 16.3 Å². The zero-order valence-corrected chi connectivity index (χ0v) is 12.2. The summed E-state index contributed by atoms with van der Waals surface area (Å²) in [6, 6.07) is 0. The number of allylic oxidation sites excluding steroid dienone is 1. The van der Waals surface area contributed by atoms with E-state index in [1.54, 1.807) is 0 Å². The van der Waals surface area contributed by atoms with Gasteiger partial charge in [0.05, 0.1) is 0 Å². The van der Waals surface area contributed by atoms with E-state index in [1.165, 1.54) is 18.4 Å². The average Bonchev–Trinajstić information content (AvgIpc) is 2.47. The maximum absolute atomic E-state index is 12.1. The number of amides is 1. The molecule has 1 saturated heterocycles. The van der Waals surface area contributed by atoms with Crippen LogP contribution in [0.3, 0.4) is 0 Å². The minimum Gasteiger partial charge on any atom is -0.344 e.